The zero-order valence-electron chi connectivity index (χ0n) is 16.0. The summed E-state index contributed by atoms with van der Waals surface area (Å²) in [7, 11) is 0. The van der Waals surface area contributed by atoms with Crippen molar-refractivity contribution in [1.82, 2.24) is 19.7 Å². The number of fused-ring (bicyclic) bond motifs is 3. The number of nitro groups is 1. The van der Waals surface area contributed by atoms with Gasteiger partial charge in [-0.3, -0.25) is 10.1 Å². The highest BCUT2D eigenvalue weighted by Crippen LogP contribution is 2.41. The molecule has 4 aromatic rings. The van der Waals surface area contributed by atoms with Crippen molar-refractivity contribution in [2.45, 2.75) is 19.8 Å². The highest BCUT2D eigenvalue weighted by atomic mass is 32.1. The molecule has 148 valence electrons. The molecule has 1 aliphatic carbocycles. The van der Waals surface area contributed by atoms with Gasteiger partial charge in [0.1, 0.15) is 0 Å². The average Bonchev–Trinajstić information content (AvgIpc) is 3.33. The summed E-state index contributed by atoms with van der Waals surface area (Å²) in [5.74, 6) is 0.803. The third kappa shape index (κ3) is 3.18. The van der Waals surface area contributed by atoms with Gasteiger partial charge in [-0.15, -0.1) is 0 Å². The molecule has 9 heteroatoms. The SMILES string of the molecule is Cc1nn(-c2ccccn2)c2c1-c1nc(/N=C/c3ccc([N+](=O)[O-])cc3)sc1CC2. The van der Waals surface area contributed by atoms with Crippen LogP contribution in [0.25, 0.3) is 17.1 Å². The Labute approximate surface area is 175 Å². The minimum absolute atomic E-state index is 0.0600. The fraction of sp³-hybridized carbons (Fsp3) is 0.143. The van der Waals surface area contributed by atoms with Crippen molar-refractivity contribution in [2.75, 3.05) is 0 Å². The number of rotatable bonds is 4. The van der Waals surface area contributed by atoms with Crippen LogP contribution in [0.5, 0.6) is 0 Å². The van der Waals surface area contributed by atoms with E-state index in [1.165, 1.54) is 17.0 Å². The second-order valence-electron chi connectivity index (χ2n) is 6.88. The lowest BCUT2D eigenvalue weighted by Gasteiger charge is -2.13. The molecule has 0 fully saturated rings. The molecule has 0 atom stereocenters. The van der Waals surface area contributed by atoms with Gasteiger partial charge in [-0.05, 0) is 49.6 Å². The zero-order valence-corrected chi connectivity index (χ0v) is 16.8. The van der Waals surface area contributed by atoms with Crippen LogP contribution in [0.3, 0.4) is 0 Å². The maximum Gasteiger partial charge on any atom is 0.269 e. The number of nitro benzene ring substituents is 1. The average molecular weight is 416 g/mol. The standard InChI is InChI=1S/C21H16N6O2S/c1-13-19-16(26(25-13)18-4-2-3-11-22-18)9-10-17-20(19)24-21(30-17)23-12-14-5-7-15(8-6-14)27(28)29/h2-8,11-12H,9-10H2,1H3/b23-12+. The van der Waals surface area contributed by atoms with Gasteiger partial charge in [0, 0.05) is 35.0 Å². The van der Waals surface area contributed by atoms with Gasteiger partial charge in [0.2, 0.25) is 5.13 Å². The van der Waals surface area contributed by atoms with Crippen LogP contribution in [0.4, 0.5) is 10.8 Å². The van der Waals surface area contributed by atoms with Crippen LogP contribution < -0.4 is 0 Å². The van der Waals surface area contributed by atoms with Crippen molar-refractivity contribution in [3.05, 3.63) is 80.6 Å². The summed E-state index contributed by atoms with van der Waals surface area (Å²) in [4.78, 5) is 25.2. The second-order valence-corrected chi connectivity index (χ2v) is 7.94. The van der Waals surface area contributed by atoms with Gasteiger partial charge < -0.3 is 0 Å². The van der Waals surface area contributed by atoms with Crippen molar-refractivity contribution in [1.29, 1.82) is 0 Å². The molecule has 0 saturated carbocycles. The Hall–Kier alpha value is -3.72. The summed E-state index contributed by atoms with van der Waals surface area (Å²) in [5, 5.41) is 16.2. The summed E-state index contributed by atoms with van der Waals surface area (Å²) in [6, 6.07) is 12.1. The smallest absolute Gasteiger partial charge is 0.258 e. The summed E-state index contributed by atoms with van der Waals surface area (Å²) < 4.78 is 1.91. The molecule has 0 saturated heterocycles. The number of aromatic nitrogens is 4. The molecule has 0 N–H and O–H groups in total. The third-order valence-electron chi connectivity index (χ3n) is 4.96. The number of aliphatic imine (C=N–C) groups is 1. The molecule has 0 unspecified atom stereocenters. The lowest BCUT2D eigenvalue weighted by Crippen LogP contribution is -2.08. The molecule has 5 rings (SSSR count). The van der Waals surface area contributed by atoms with Crippen LogP contribution in [0.2, 0.25) is 0 Å². The molecular formula is C21H16N6O2S. The van der Waals surface area contributed by atoms with E-state index in [0.29, 0.717) is 5.13 Å². The molecular weight excluding hydrogens is 400 g/mol. The Morgan fingerprint density at radius 2 is 2.03 bits per heavy atom. The van der Waals surface area contributed by atoms with E-state index < -0.39 is 4.92 Å². The number of nitrogens with zero attached hydrogens (tertiary/aromatic N) is 6. The van der Waals surface area contributed by atoms with Gasteiger partial charge >= 0.3 is 0 Å². The largest absolute Gasteiger partial charge is 0.269 e. The van der Waals surface area contributed by atoms with E-state index in [-0.39, 0.29) is 5.69 Å². The maximum absolute atomic E-state index is 10.8. The summed E-state index contributed by atoms with van der Waals surface area (Å²) in [5.41, 5.74) is 4.90. The Morgan fingerprint density at radius 3 is 2.77 bits per heavy atom. The third-order valence-corrected chi connectivity index (χ3v) is 5.99. The minimum atomic E-state index is -0.416. The normalized spacial score (nSPS) is 12.7. The molecule has 30 heavy (non-hydrogen) atoms. The van der Waals surface area contributed by atoms with E-state index in [1.807, 2.05) is 29.8 Å². The molecule has 3 heterocycles. The van der Waals surface area contributed by atoms with Gasteiger partial charge in [-0.2, -0.15) is 5.10 Å². The highest BCUT2D eigenvalue weighted by molar-refractivity contribution is 7.15. The van der Waals surface area contributed by atoms with Crippen molar-refractivity contribution in [3.8, 4) is 17.1 Å². The minimum Gasteiger partial charge on any atom is -0.258 e. The quantitative estimate of drug-likeness (QED) is 0.278. The number of non-ortho nitro benzene ring substituents is 1. The lowest BCUT2D eigenvalue weighted by atomic mass is 9.98. The first-order valence-corrected chi connectivity index (χ1v) is 10.2. The predicted octanol–water partition coefficient (Wildman–Crippen LogP) is 4.46. The molecule has 1 aromatic carbocycles. The van der Waals surface area contributed by atoms with Gasteiger partial charge in [0.25, 0.3) is 5.69 Å². The summed E-state index contributed by atoms with van der Waals surface area (Å²) in [6.45, 7) is 1.99. The summed E-state index contributed by atoms with van der Waals surface area (Å²) in [6.07, 6.45) is 5.19. The number of hydrogen-bond donors (Lipinski definition) is 0. The topological polar surface area (TPSA) is 99.1 Å². The van der Waals surface area contributed by atoms with Crippen LogP contribution in [0.15, 0.2) is 53.7 Å². The van der Waals surface area contributed by atoms with E-state index in [1.54, 1.807) is 35.9 Å². The first-order valence-electron chi connectivity index (χ1n) is 9.38. The fourth-order valence-corrected chi connectivity index (χ4v) is 4.50. The molecule has 0 spiro atoms. The number of aryl methyl sites for hydroxylation is 2. The molecule has 0 amide bonds. The van der Waals surface area contributed by atoms with Crippen LogP contribution >= 0.6 is 11.3 Å². The first-order chi connectivity index (χ1) is 14.6. The summed E-state index contributed by atoms with van der Waals surface area (Å²) >= 11 is 1.57. The number of hydrogen-bond acceptors (Lipinski definition) is 7. The zero-order chi connectivity index (χ0) is 20.7. The van der Waals surface area contributed by atoms with Crippen LogP contribution in [-0.4, -0.2) is 30.9 Å². The van der Waals surface area contributed by atoms with Gasteiger partial charge in [0.05, 0.1) is 22.0 Å². The molecule has 0 radical (unpaired) electrons. The van der Waals surface area contributed by atoms with Crippen molar-refractivity contribution < 1.29 is 4.92 Å². The number of thiazole rings is 1. The maximum atomic E-state index is 10.8. The first kappa shape index (κ1) is 18.3. The van der Waals surface area contributed by atoms with Crippen molar-refractivity contribution in [2.24, 2.45) is 4.99 Å². The second kappa shape index (κ2) is 7.27. The van der Waals surface area contributed by atoms with E-state index in [4.69, 9.17) is 10.1 Å². The van der Waals surface area contributed by atoms with Gasteiger partial charge in [-0.1, -0.05) is 17.4 Å². The van der Waals surface area contributed by atoms with Crippen LogP contribution in [0.1, 0.15) is 21.8 Å². The predicted molar refractivity (Wildman–Crippen MR) is 115 cm³/mol. The molecule has 8 nitrogen and oxygen atoms in total. The monoisotopic (exact) mass is 416 g/mol. The van der Waals surface area contributed by atoms with E-state index in [2.05, 4.69) is 9.98 Å². The van der Waals surface area contributed by atoms with E-state index in [9.17, 15) is 10.1 Å². The Bertz CT molecular complexity index is 1280. The Morgan fingerprint density at radius 1 is 1.20 bits per heavy atom. The van der Waals surface area contributed by atoms with Gasteiger partial charge in [-0.25, -0.2) is 19.6 Å². The highest BCUT2D eigenvalue weighted by Gasteiger charge is 2.27. The Kier molecular flexibility index (Phi) is 4.44. The number of benzene rings is 1. The van der Waals surface area contributed by atoms with Crippen molar-refractivity contribution in [3.63, 3.8) is 0 Å². The number of pyridine rings is 1. The van der Waals surface area contributed by atoms with E-state index in [0.717, 1.165) is 46.9 Å². The molecule has 1 aliphatic rings. The molecule has 0 bridgehead atoms. The van der Waals surface area contributed by atoms with Crippen LogP contribution in [-0.2, 0) is 12.8 Å². The van der Waals surface area contributed by atoms with Crippen molar-refractivity contribution >= 4 is 28.4 Å². The Balaban J connectivity index is 1.47. The van der Waals surface area contributed by atoms with Crippen LogP contribution in [0, 0.1) is 17.0 Å². The lowest BCUT2D eigenvalue weighted by molar-refractivity contribution is -0.384. The van der Waals surface area contributed by atoms with E-state index >= 15 is 0 Å². The molecule has 0 aliphatic heterocycles. The fourth-order valence-electron chi connectivity index (χ4n) is 3.59. The molecule has 3 aromatic heterocycles. The van der Waals surface area contributed by atoms with Gasteiger partial charge in [0.15, 0.2) is 5.82 Å².